The van der Waals surface area contributed by atoms with Crippen molar-refractivity contribution in [3.63, 3.8) is 0 Å². The van der Waals surface area contributed by atoms with Gasteiger partial charge in [0.05, 0.1) is 0 Å². The van der Waals surface area contributed by atoms with Gasteiger partial charge >= 0.3 is 0 Å². The van der Waals surface area contributed by atoms with E-state index in [9.17, 15) is 0 Å². The second kappa shape index (κ2) is 6.66. The molecule has 1 heterocycles. The summed E-state index contributed by atoms with van der Waals surface area (Å²) in [5.74, 6) is 0. The highest BCUT2D eigenvalue weighted by atomic mass is 79.9. The van der Waals surface area contributed by atoms with Gasteiger partial charge in [-0.1, -0.05) is 31.2 Å². The van der Waals surface area contributed by atoms with Gasteiger partial charge < -0.3 is 5.32 Å². The minimum Gasteiger partial charge on any atom is -0.309 e. The van der Waals surface area contributed by atoms with E-state index in [2.05, 4.69) is 63.5 Å². The first-order chi connectivity index (χ1) is 8.78. The lowest BCUT2D eigenvalue weighted by Gasteiger charge is -2.06. The van der Waals surface area contributed by atoms with Crippen molar-refractivity contribution in [1.29, 1.82) is 0 Å². The maximum Gasteiger partial charge on any atom is 0.0410 e. The lowest BCUT2D eigenvalue weighted by atomic mass is 10.1. The van der Waals surface area contributed by atoms with Crippen LogP contribution >= 0.6 is 15.9 Å². The SMILES string of the molecule is CCc1ccc(CNCc2cncc(Br)c2)cc1. The molecule has 0 atom stereocenters. The molecule has 94 valence electrons. The summed E-state index contributed by atoms with van der Waals surface area (Å²) in [4.78, 5) is 4.15. The summed E-state index contributed by atoms with van der Waals surface area (Å²) in [5.41, 5.74) is 3.89. The Labute approximate surface area is 117 Å². The van der Waals surface area contributed by atoms with Gasteiger partial charge in [0, 0.05) is 30.0 Å². The fourth-order valence-corrected chi connectivity index (χ4v) is 2.21. The van der Waals surface area contributed by atoms with Gasteiger partial charge in [-0.3, -0.25) is 4.98 Å². The van der Waals surface area contributed by atoms with Crippen molar-refractivity contribution in [2.45, 2.75) is 26.4 Å². The Morgan fingerprint density at radius 2 is 1.67 bits per heavy atom. The number of benzene rings is 1. The number of nitrogens with zero attached hydrogens (tertiary/aromatic N) is 1. The molecule has 0 aliphatic heterocycles. The van der Waals surface area contributed by atoms with E-state index in [-0.39, 0.29) is 0 Å². The second-order valence-electron chi connectivity index (χ2n) is 4.29. The highest BCUT2D eigenvalue weighted by molar-refractivity contribution is 9.10. The Balaban J connectivity index is 1.84. The molecule has 1 N–H and O–H groups in total. The zero-order valence-electron chi connectivity index (χ0n) is 10.5. The molecule has 0 unspecified atom stereocenters. The minimum absolute atomic E-state index is 0.835. The van der Waals surface area contributed by atoms with E-state index < -0.39 is 0 Å². The largest absolute Gasteiger partial charge is 0.309 e. The number of rotatable bonds is 5. The number of pyridine rings is 1. The predicted octanol–water partition coefficient (Wildman–Crippen LogP) is 3.70. The minimum atomic E-state index is 0.835. The first kappa shape index (κ1) is 13.2. The molecule has 3 heteroatoms. The Kier molecular flexibility index (Phi) is 4.90. The molecule has 0 aliphatic carbocycles. The molecule has 0 fully saturated rings. The summed E-state index contributed by atoms with van der Waals surface area (Å²) < 4.78 is 1.02. The van der Waals surface area contributed by atoms with Crippen LogP contribution in [0, 0.1) is 0 Å². The van der Waals surface area contributed by atoms with Gasteiger partial charge in [-0.15, -0.1) is 0 Å². The second-order valence-corrected chi connectivity index (χ2v) is 5.20. The molecular formula is C15H17BrN2. The first-order valence-corrected chi connectivity index (χ1v) is 6.95. The molecule has 1 aromatic heterocycles. The van der Waals surface area contributed by atoms with Crippen molar-refractivity contribution >= 4 is 15.9 Å². The van der Waals surface area contributed by atoms with E-state index in [0.29, 0.717) is 0 Å². The van der Waals surface area contributed by atoms with Gasteiger partial charge in [0.25, 0.3) is 0 Å². The number of halogens is 1. The monoisotopic (exact) mass is 304 g/mol. The average Bonchev–Trinajstić information content (AvgIpc) is 2.40. The molecule has 0 aliphatic rings. The Hall–Kier alpha value is -1.19. The van der Waals surface area contributed by atoms with Gasteiger partial charge in [-0.2, -0.15) is 0 Å². The summed E-state index contributed by atoms with van der Waals surface area (Å²) in [5, 5.41) is 3.42. The van der Waals surface area contributed by atoms with Crippen molar-refractivity contribution < 1.29 is 0 Å². The van der Waals surface area contributed by atoms with E-state index in [4.69, 9.17) is 0 Å². The molecule has 1 aromatic carbocycles. The van der Waals surface area contributed by atoms with Crippen LogP contribution in [-0.4, -0.2) is 4.98 Å². The van der Waals surface area contributed by atoms with Crippen LogP contribution < -0.4 is 5.32 Å². The van der Waals surface area contributed by atoms with E-state index in [1.807, 2.05) is 6.20 Å². The quantitative estimate of drug-likeness (QED) is 0.911. The summed E-state index contributed by atoms with van der Waals surface area (Å²) >= 11 is 3.42. The molecular weight excluding hydrogens is 288 g/mol. The zero-order chi connectivity index (χ0) is 12.8. The topological polar surface area (TPSA) is 24.9 Å². The van der Waals surface area contributed by atoms with Crippen LogP contribution in [0.1, 0.15) is 23.6 Å². The third-order valence-electron chi connectivity index (χ3n) is 2.85. The molecule has 0 amide bonds. The third kappa shape index (κ3) is 3.93. The lowest BCUT2D eigenvalue weighted by Crippen LogP contribution is -2.12. The highest BCUT2D eigenvalue weighted by Gasteiger charge is 1.96. The number of hydrogen-bond donors (Lipinski definition) is 1. The van der Waals surface area contributed by atoms with Crippen LogP contribution in [0.2, 0.25) is 0 Å². The molecule has 0 spiro atoms. The maximum absolute atomic E-state index is 4.15. The van der Waals surface area contributed by atoms with Crippen molar-refractivity contribution in [2.75, 3.05) is 0 Å². The normalized spacial score (nSPS) is 10.6. The zero-order valence-corrected chi connectivity index (χ0v) is 12.1. The molecule has 2 aromatic rings. The van der Waals surface area contributed by atoms with E-state index in [1.165, 1.54) is 16.7 Å². The standard InChI is InChI=1S/C15H17BrN2/c1-2-12-3-5-13(6-4-12)8-17-9-14-7-15(16)11-18-10-14/h3-7,10-11,17H,2,8-9H2,1H3. The van der Waals surface area contributed by atoms with Gasteiger partial charge in [-0.25, -0.2) is 0 Å². The summed E-state index contributed by atoms with van der Waals surface area (Å²) in [7, 11) is 0. The van der Waals surface area contributed by atoms with E-state index in [1.54, 1.807) is 6.20 Å². The molecule has 0 radical (unpaired) electrons. The number of nitrogens with one attached hydrogen (secondary N) is 1. The summed E-state index contributed by atoms with van der Waals surface area (Å²) in [6.07, 6.45) is 4.78. The Bertz CT molecular complexity index is 494. The highest BCUT2D eigenvalue weighted by Crippen LogP contribution is 2.10. The molecule has 2 rings (SSSR count). The smallest absolute Gasteiger partial charge is 0.0410 e. The van der Waals surface area contributed by atoms with Crippen LogP contribution in [0.3, 0.4) is 0 Å². The van der Waals surface area contributed by atoms with Gasteiger partial charge in [0.15, 0.2) is 0 Å². The van der Waals surface area contributed by atoms with Gasteiger partial charge in [0.2, 0.25) is 0 Å². The first-order valence-electron chi connectivity index (χ1n) is 6.16. The lowest BCUT2D eigenvalue weighted by molar-refractivity contribution is 0.691. The molecule has 18 heavy (non-hydrogen) atoms. The Morgan fingerprint density at radius 3 is 2.33 bits per heavy atom. The van der Waals surface area contributed by atoms with Crippen molar-refractivity contribution in [3.8, 4) is 0 Å². The average molecular weight is 305 g/mol. The van der Waals surface area contributed by atoms with Crippen molar-refractivity contribution in [3.05, 3.63) is 63.9 Å². The van der Waals surface area contributed by atoms with E-state index >= 15 is 0 Å². The van der Waals surface area contributed by atoms with Crippen molar-refractivity contribution in [1.82, 2.24) is 10.3 Å². The Morgan fingerprint density at radius 1 is 1.00 bits per heavy atom. The summed E-state index contributed by atoms with van der Waals surface area (Å²) in [6, 6.07) is 10.8. The number of hydrogen-bond acceptors (Lipinski definition) is 2. The fraction of sp³-hybridized carbons (Fsp3) is 0.267. The summed E-state index contributed by atoms with van der Waals surface area (Å²) in [6.45, 7) is 3.89. The fourth-order valence-electron chi connectivity index (χ4n) is 1.80. The molecule has 0 saturated carbocycles. The molecule has 0 saturated heterocycles. The maximum atomic E-state index is 4.15. The molecule has 0 bridgehead atoms. The van der Waals surface area contributed by atoms with Crippen molar-refractivity contribution in [2.24, 2.45) is 0 Å². The van der Waals surface area contributed by atoms with Gasteiger partial charge in [-0.05, 0) is 45.1 Å². The number of aryl methyl sites for hydroxylation is 1. The van der Waals surface area contributed by atoms with Crippen LogP contribution in [-0.2, 0) is 19.5 Å². The van der Waals surface area contributed by atoms with Crippen LogP contribution in [0.5, 0.6) is 0 Å². The van der Waals surface area contributed by atoms with Crippen LogP contribution in [0.25, 0.3) is 0 Å². The van der Waals surface area contributed by atoms with Crippen LogP contribution in [0.15, 0.2) is 47.2 Å². The van der Waals surface area contributed by atoms with E-state index in [0.717, 1.165) is 24.0 Å². The van der Waals surface area contributed by atoms with Gasteiger partial charge in [0.1, 0.15) is 0 Å². The molecule has 2 nitrogen and oxygen atoms in total. The predicted molar refractivity (Wildman–Crippen MR) is 78.3 cm³/mol. The number of aromatic nitrogens is 1. The van der Waals surface area contributed by atoms with Crippen LogP contribution in [0.4, 0.5) is 0 Å². The third-order valence-corrected chi connectivity index (χ3v) is 3.28.